The Bertz CT molecular complexity index is 639. The Morgan fingerprint density at radius 2 is 1.74 bits per heavy atom. The monoisotopic (exact) mass is 432 g/mol. The lowest BCUT2D eigenvalue weighted by molar-refractivity contribution is -0.140. The molecule has 1 heterocycles. The van der Waals surface area contributed by atoms with Crippen molar-refractivity contribution in [1.29, 1.82) is 0 Å². The Morgan fingerprint density at radius 1 is 1.06 bits per heavy atom. The number of ether oxygens (including phenoxy) is 2. The third kappa shape index (κ3) is 8.82. The smallest absolute Gasteiger partial charge is 0.256 e. The van der Waals surface area contributed by atoms with E-state index in [1.165, 1.54) is 6.42 Å². The molecule has 3 atom stereocenters. The molecule has 0 aliphatic carbocycles. The molecule has 31 heavy (non-hydrogen) atoms. The third-order valence-corrected chi connectivity index (χ3v) is 6.10. The molecule has 1 aliphatic rings. The molecule has 1 aliphatic heterocycles. The average molecular weight is 433 g/mol. The summed E-state index contributed by atoms with van der Waals surface area (Å²) in [6.07, 6.45) is 6.19. The zero-order valence-corrected chi connectivity index (χ0v) is 20.4. The highest BCUT2D eigenvalue weighted by atomic mass is 16.5. The molecule has 0 aromatic heterocycles. The van der Waals surface area contributed by atoms with Gasteiger partial charge >= 0.3 is 0 Å². The van der Waals surface area contributed by atoms with E-state index in [9.17, 15) is 4.79 Å². The summed E-state index contributed by atoms with van der Waals surface area (Å²) in [7, 11) is 0. The Balaban J connectivity index is 1.83. The maximum atomic E-state index is 12.9. The first kappa shape index (κ1) is 25.7. The molecule has 1 aromatic carbocycles. The minimum absolute atomic E-state index is 0.0703. The van der Waals surface area contributed by atoms with Crippen LogP contribution in [0.25, 0.3) is 0 Å². The van der Waals surface area contributed by atoms with Gasteiger partial charge in [0.2, 0.25) is 0 Å². The number of hydrogen-bond acceptors (Lipinski definition) is 4. The minimum atomic E-state index is -0.789. The first-order valence-electron chi connectivity index (χ1n) is 12.3. The van der Waals surface area contributed by atoms with E-state index in [1.54, 1.807) is 0 Å². The molecule has 0 radical (unpaired) electrons. The highest BCUT2D eigenvalue weighted by Gasteiger charge is 2.33. The van der Waals surface area contributed by atoms with Crippen molar-refractivity contribution in [3.63, 3.8) is 0 Å². The van der Waals surface area contributed by atoms with E-state index in [1.807, 2.05) is 31.2 Å². The fourth-order valence-corrected chi connectivity index (χ4v) is 4.46. The maximum Gasteiger partial charge on any atom is 0.256 e. The summed E-state index contributed by atoms with van der Waals surface area (Å²) < 4.78 is 11.9. The van der Waals surface area contributed by atoms with Gasteiger partial charge in [0.15, 0.2) is 0 Å². The van der Waals surface area contributed by atoms with Crippen LogP contribution in [0.2, 0.25) is 0 Å². The summed E-state index contributed by atoms with van der Waals surface area (Å²) >= 11 is 0. The molecule has 1 saturated heterocycles. The number of likely N-dealkylation sites (tertiary alicyclic amines) is 1. The number of carbonyl (C=O) groups excluding carboxylic acids is 1. The Hall–Kier alpha value is -1.59. The highest BCUT2D eigenvalue weighted by Crippen LogP contribution is 2.24. The maximum absolute atomic E-state index is 12.9. The van der Waals surface area contributed by atoms with Crippen LogP contribution in [0, 0.1) is 11.8 Å². The standard InChI is InChI=1S/C26H44N2O3/c1-6-8-9-14-26(5,31-16-7-2)25(29)27-23-10-12-24(13-11-23)30-17-15-28-19-21(3)18-22(4)20-28/h10-13,21-22H,6-9,14-20H2,1-5H3,(H,27,29)/t21-,22-,26-/m1/s1. The van der Waals surface area contributed by atoms with Crippen molar-refractivity contribution < 1.29 is 14.3 Å². The summed E-state index contributed by atoms with van der Waals surface area (Å²) in [5.41, 5.74) is -0.0128. The molecule has 176 valence electrons. The highest BCUT2D eigenvalue weighted by molar-refractivity contribution is 5.97. The number of piperidine rings is 1. The fraction of sp³-hybridized carbons (Fsp3) is 0.731. The molecule has 1 fully saturated rings. The van der Waals surface area contributed by atoms with Crippen molar-refractivity contribution in [2.45, 2.75) is 78.7 Å². The van der Waals surface area contributed by atoms with Crippen molar-refractivity contribution in [2.75, 3.05) is 38.2 Å². The van der Waals surface area contributed by atoms with Gasteiger partial charge in [-0.05, 0) is 62.3 Å². The Kier molecular flexibility index (Phi) is 10.8. The van der Waals surface area contributed by atoms with Gasteiger partial charge in [0.05, 0.1) is 0 Å². The van der Waals surface area contributed by atoms with Gasteiger partial charge in [0.25, 0.3) is 5.91 Å². The van der Waals surface area contributed by atoms with E-state index < -0.39 is 5.60 Å². The number of rotatable bonds is 13. The van der Waals surface area contributed by atoms with Gasteiger partial charge < -0.3 is 14.8 Å². The molecular weight excluding hydrogens is 388 g/mol. The van der Waals surface area contributed by atoms with E-state index in [0.29, 0.717) is 13.2 Å². The lowest BCUT2D eigenvalue weighted by atomic mass is 9.92. The molecule has 0 saturated carbocycles. The summed E-state index contributed by atoms with van der Waals surface area (Å²) in [5, 5.41) is 3.04. The first-order valence-corrected chi connectivity index (χ1v) is 12.3. The number of nitrogens with zero attached hydrogens (tertiary/aromatic N) is 1. The van der Waals surface area contributed by atoms with Crippen LogP contribution in [0.15, 0.2) is 24.3 Å². The third-order valence-electron chi connectivity index (χ3n) is 6.10. The summed E-state index contributed by atoms with van der Waals surface area (Å²) in [4.78, 5) is 15.4. The van der Waals surface area contributed by atoms with Gasteiger partial charge in [-0.25, -0.2) is 0 Å². The van der Waals surface area contributed by atoms with Crippen molar-refractivity contribution in [1.82, 2.24) is 4.90 Å². The van der Waals surface area contributed by atoms with E-state index in [0.717, 1.165) is 75.0 Å². The Morgan fingerprint density at radius 3 is 2.35 bits per heavy atom. The second kappa shape index (κ2) is 13.1. The Labute approximate surface area is 189 Å². The lowest BCUT2D eigenvalue weighted by Crippen LogP contribution is -2.43. The zero-order chi connectivity index (χ0) is 22.7. The number of hydrogen-bond donors (Lipinski definition) is 1. The molecule has 0 unspecified atom stereocenters. The molecule has 0 bridgehead atoms. The van der Waals surface area contributed by atoms with Gasteiger partial charge in [-0.3, -0.25) is 9.69 Å². The van der Waals surface area contributed by atoms with Crippen molar-refractivity contribution >= 4 is 11.6 Å². The fourth-order valence-electron chi connectivity index (χ4n) is 4.46. The van der Waals surface area contributed by atoms with Gasteiger partial charge in [-0.1, -0.05) is 47.0 Å². The SMILES string of the molecule is CCCCC[C@@](C)(OCCC)C(=O)Nc1ccc(OCCN2C[C@H](C)C[C@@H](C)C2)cc1. The molecule has 1 aromatic rings. The molecule has 0 spiro atoms. The lowest BCUT2D eigenvalue weighted by Gasteiger charge is -2.34. The summed E-state index contributed by atoms with van der Waals surface area (Å²) in [6.45, 7) is 15.4. The topological polar surface area (TPSA) is 50.8 Å². The quantitative estimate of drug-likeness (QED) is 0.403. The normalized spacial score (nSPS) is 21.5. The predicted molar refractivity (Wildman–Crippen MR) is 129 cm³/mol. The van der Waals surface area contributed by atoms with Crippen LogP contribution in [0.3, 0.4) is 0 Å². The van der Waals surface area contributed by atoms with E-state index in [-0.39, 0.29) is 5.91 Å². The number of benzene rings is 1. The minimum Gasteiger partial charge on any atom is -0.492 e. The van der Waals surface area contributed by atoms with Gasteiger partial charge in [0.1, 0.15) is 18.0 Å². The van der Waals surface area contributed by atoms with E-state index in [2.05, 4.69) is 37.9 Å². The molecule has 5 nitrogen and oxygen atoms in total. The summed E-state index contributed by atoms with van der Waals surface area (Å²) in [5.74, 6) is 2.30. The molecule has 1 amide bonds. The van der Waals surface area contributed by atoms with Crippen molar-refractivity contribution in [2.24, 2.45) is 11.8 Å². The number of anilines is 1. The largest absolute Gasteiger partial charge is 0.492 e. The van der Waals surface area contributed by atoms with Gasteiger partial charge in [-0.2, -0.15) is 0 Å². The average Bonchev–Trinajstić information content (AvgIpc) is 2.73. The van der Waals surface area contributed by atoms with Crippen molar-refractivity contribution in [3.05, 3.63) is 24.3 Å². The number of carbonyl (C=O) groups is 1. The van der Waals surface area contributed by atoms with E-state index >= 15 is 0 Å². The summed E-state index contributed by atoms with van der Waals surface area (Å²) in [6, 6.07) is 7.67. The predicted octanol–water partition coefficient (Wildman–Crippen LogP) is 5.75. The van der Waals surface area contributed by atoms with E-state index in [4.69, 9.17) is 9.47 Å². The first-order chi connectivity index (χ1) is 14.9. The van der Waals surface area contributed by atoms with Gasteiger partial charge in [0, 0.05) is 31.9 Å². The van der Waals surface area contributed by atoms with Crippen LogP contribution in [-0.4, -0.2) is 49.3 Å². The number of unbranched alkanes of at least 4 members (excludes halogenated alkanes) is 2. The second-order valence-corrected chi connectivity index (χ2v) is 9.57. The van der Waals surface area contributed by atoms with Crippen LogP contribution in [-0.2, 0) is 9.53 Å². The van der Waals surface area contributed by atoms with Crippen LogP contribution >= 0.6 is 0 Å². The molecule has 2 rings (SSSR count). The number of amides is 1. The second-order valence-electron chi connectivity index (χ2n) is 9.57. The molecule has 1 N–H and O–H groups in total. The van der Waals surface area contributed by atoms with Crippen LogP contribution in [0.4, 0.5) is 5.69 Å². The molecule has 5 heteroatoms. The molecular formula is C26H44N2O3. The zero-order valence-electron chi connectivity index (χ0n) is 20.4. The number of nitrogens with one attached hydrogen (secondary N) is 1. The van der Waals surface area contributed by atoms with Crippen LogP contribution < -0.4 is 10.1 Å². The van der Waals surface area contributed by atoms with Gasteiger partial charge in [-0.15, -0.1) is 0 Å². The van der Waals surface area contributed by atoms with Crippen LogP contribution in [0.1, 0.15) is 73.1 Å². The van der Waals surface area contributed by atoms with Crippen molar-refractivity contribution in [3.8, 4) is 5.75 Å². The van der Waals surface area contributed by atoms with Crippen LogP contribution in [0.5, 0.6) is 5.75 Å².